The average molecular weight is 414 g/mol. The summed E-state index contributed by atoms with van der Waals surface area (Å²) in [6.45, 7) is 5.49. The van der Waals surface area contributed by atoms with E-state index in [1.807, 2.05) is 32.0 Å². The highest BCUT2D eigenvalue weighted by Gasteiger charge is 2.22. The zero-order chi connectivity index (χ0) is 20.8. The van der Waals surface area contributed by atoms with Crippen molar-refractivity contribution in [2.75, 3.05) is 22.6 Å². The molecule has 0 spiro atoms. The molecule has 0 atom stereocenters. The number of nitrogens with zero attached hydrogens (tertiary/aromatic N) is 1. The Labute approximate surface area is 177 Å². The number of carbonyl (C=O) groups excluding carboxylic acids is 2. The fraction of sp³-hybridized carbons (Fsp3) is 0.391. The van der Waals surface area contributed by atoms with Gasteiger partial charge in [-0.2, -0.15) is 0 Å². The highest BCUT2D eigenvalue weighted by atomic mass is 35.5. The molecule has 0 fully saturated rings. The number of fused-ring (bicyclic) bond motifs is 1. The van der Waals surface area contributed by atoms with Gasteiger partial charge in [-0.25, -0.2) is 0 Å². The Morgan fingerprint density at radius 1 is 1.14 bits per heavy atom. The Bertz CT molecular complexity index is 882. The predicted molar refractivity (Wildman–Crippen MR) is 119 cm³/mol. The number of anilines is 2. The van der Waals surface area contributed by atoms with Crippen LogP contribution < -0.4 is 15.5 Å². The Balaban J connectivity index is 1.87. The van der Waals surface area contributed by atoms with Gasteiger partial charge in [0.1, 0.15) is 0 Å². The molecular weight excluding hydrogens is 386 g/mol. The van der Waals surface area contributed by atoms with E-state index in [4.69, 9.17) is 11.6 Å². The Morgan fingerprint density at radius 2 is 1.90 bits per heavy atom. The molecule has 0 saturated heterocycles. The van der Waals surface area contributed by atoms with Gasteiger partial charge in [0.15, 0.2) is 0 Å². The first-order valence-corrected chi connectivity index (χ1v) is 10.6. The zero-order valence-corrected chi connectivity index (χ0v) is 17.8. The first-order chi connectivity index (χ1) is 14.0. The van der Waals surface area contributed by atoms with E-state index in [0.29, 0.717) is 30.0 Å². The van der Waals surface area contributed by atoms with Crippen LogP contribution in [0.15, 0.2) is 42.5 Å². The summed E-state index contributed by atoms with van der Waals surface area (Å²) in [5.74, 6) is 0.219. The molecule has 2 N–H and O–H groups in total. The Morgan fingerprint density at radius 3 is 2.62 bits per heavy atom. The van der Waals surface area contributed by atoms with Crippen LogP contribution in [0.25, 0.3) is 0 Å². The van der Waals surface area contributed by atoms with Crippen LogP contribution in [0.5, 0.6) is 0 Å². The Kier molecular flexibility index (Phi) is 7.15. The summed E-state index contributed by atoms with van der Waals surface area (Å²) in [4.78, 5) is 27.2. The highest BCUT2D eigenvalue weighted by molar-refractivity contribution is 6.18. The minimum atomic E-state index is -0.134. The van der Waals surface area contributed by atoms with Crippen LogP contribution in [-0.4, -0.2) is 30.3 Å². The standard InChI is InChI=1S/C23H28ClN3O2/c1-16(2)25-23(29)20-14-19(26-22(28)8-5-12-24)9-10-21(20)27-13-11-17-6-3-4-7-18(17)15-27/h3-4,6-7,9-10,14,16H,5,8,11-13,15H2,1-2H3,(H,25,29)(H,26,28). The second kappa shape index (κ2) is 9.79. The van der Waals surface area contributed by atoms with Crippen molar-refractivity contribution in [1.29, 1.82) is 0 Å². The second-order valence-corrected chi connectivity index (χ2v) is 8.02. The summed E-state index contributed by atoms with van der Waals surface area (Å²) < 4.78 is 0. The second-order valence-electron chi connectivity index (χ2n) is 7.64. The number of amides is 2. The van der Waals surface area contributed by atoms with E-state index < -0.39 is 0 Å². The van der Waals surface area contributed by atoms with Crippen molar-refractivity contribution in [3.05, 3.63) is 59.2 Å². The van der Waals surface area contributed by atoms with Gasteiger partial charge in [0.05, 0.1) is 5.56 Å². The number of hydrogen-bond donors (Lipinski definition) is 2. The maximum absolute atomic E-state index is 12.9. The van der Waals surface area contributed by atoms with Gasteiger partial charge in [0.2, 0.25) is 5.91 Å². The number of carbonyl (C=O) groups is 2. The number of benzene rings is 2. The van der Waals surface area contributed by atoms with Crippen molar-refractivity contribution in [1.82, 2.24) is 5.32 Å². The summed E-state index contributed by atoms with van der Waals surface area (Å²) in [5, 5.41) is 5.85. The smallest absolute Gasteiger partial charge is 0.253 e. The fourth-order valence-corrected chi connectivity index (χ4v) is 3.70. The van der Waals surface area contributed by atoms with Gasteiger partial charge < -0.3 is 15.5 Å². The normalized spacial score (nSPS) is 13.2. The molecule has 0 aliphatic carbocycles. The molecule has 154 valence electrons. The Hall–Kier alpha value is -2.53. The summed E-state index contributed by atoms with van der Waals surface area (Å²) in [7, 11) is 0. The number of alkyl halides is 1. The monoisotopic (exact) mass is 413 g/mol. The first kappa shape index (κ1) is 21.2. The lowest BCUT2D eigenvalue weighted by molar-refractivity contribution is -0.116. The molecule has 6 heteroatoms. The molecule has 1 aliphatic rings. The van der Waals surface area contributed by atoms with Crippen LogP contribution in [0.2, 0.25) is 0 Å². The van der Waals surface area contributed by atoms with Gasteiger partial charge in [-0.05, 0) is 56.0 Å². The summed E-state index contributed by atoms with van der Waals surface area (Å²) >= 11 is 5.67. The lowest BCUT2D eigenvalue weighted by atomic mass is 9.98. The van der Waals surface area contributed by atoms with E-state index in [1.54, 1.807) is 6.07 Å². The van der Waals surface area contributed by atoms with Gasteiger partial charge in [-0.15, -0.1) is 11.6 Å². The van der Waals surface area contributed by atoms with Crippen LogP contribution in [0.3, 0.4) is 0 Å². The number of rotatable bonds is 7. The van der Waals surface area contributed by atoms with Crippen molar-refractivity contribution >= 4 is 34.8 Å². The van der Waals surface area contributed by atoms with Gasteiger partial charge in [-0.1, -0.05) is 24.3 Å². The topological polar surface area (TPSA) is 61.4 Å². The molecule has 0 radical (unpaired) electrons. The molecular formula is C23H28ClN3O2. The molecule has 0 saturated carbocycles. The molecule has 29 heavy (non-hydrogen) atoms. The number of nitrogens with one attached hydrogen (secondary N) is 2. The van der Waals surface area contributed by atoms with E-state index >= 15 is 0 Å². The minimum absolute atomic E-state index is 0.0272. The van der Waals surface area contributed by atoms with Crippen molar-refractivity contribution in [3.63, 3.8) is 0 Å². The van der Waals surface area contributed by atoms with E-state index in [1.165, 1.54) is 11.1 Å². The third-order valence-corrected chi connectivity index (χ3v) is 5.22. The third kappa shape index (κ3) is 5.51. The van der Waals surface area contributed by atoms with Gasteiger partial charge in [0.25, 0.3) is 5.91 Å². The van der Waals surface area contributed by atoms with Gasteiger partial charge >= 0.3 is 0 Å². The largest absolute Gasteiger partial charge is 0.366 e. The number of halogens is 1. The summed E-state index contributed by atoms with van der Waals surface area (Å²) in [5.41, 5.74) is 4.73. The van der Waals surface area contributed by atoms with E-state index in [2.05, 4.69) is 33.7 Å². The van der Waals surface area contributed by atoms with Crippen LogP contribution in [0.1, 0.15) is 48.2 Å². The number of hydrogen-bond acceptors (Lipinski definition) is 3. The van der Waals surface area contributed by atoms with Crippen LogP contribution in [-0.2, 0) is 17.8 Å². The first-order valence-electron chi connectivity index (χ1n) is 10.1. The molecule has 1 aliphatic heterocycles. The maximum Gasteiger partial charge on any atom is 0.253 e. The quantitative estimate of drug-likeness (QED) is 0.663. The molecule has 3 rings (SSSR count). The van der Waals surface area contributed by atoms with Crippen LogP contribution in [0, 0.1) is 0 Å². The molecule has 5 nitrogen and oxygen atoms in total. The van der Waals surface area contributed by atoms with Crippen molar-refractivity contribution < 1.29 is 9.59 Å². The molecule has 2 aromatic carbocycles. The fourth-order valence-electron chi connectivity index (χ4n) is 3.56. The zero-order valence-electron chi connectivity index (χ0n) is 17.0. The lowest BCUT2D eigenvalue weighted by Gasteiger charge is -2.32. The van der Waals surface area contributed by atoms with Crippen LogP contribution >= 0.6 is 11.6 Å². The summed E-state index contributed by atoms with van der Waals surface area (Å²) in [6.07, 6.45) is 1.93. The van der Waals surface area contributed by atoms with E-state index in [0.717, 1.165) is 25.2 Å². The SMILES string of the molecule is CC(C)NC(=O)c1cc(NC(=O)CCCCl)ccc1N1CCc2ccccc2C1. The van der Waals surface area contributed by atoms with Crippen LogP contribution in [0.4, 0.5) is 11.4 Å². The van der Waals surface area contributed by atoms with Crippen molar-refractivity contribution in [2.24, 2.45) is 0 Å². The molecule has 2 amide bonds. The average Bonchev–Trinajstić information content (AvgIpc) is 2.71. The van der Waals surface area contributed by atoms with E-state index in [-0.39, 0.29) is 17.9 Å². The van der Waals surface area contributed by atoms with Crippen molar-refractivity contribution in [3.8, 4) is 0 Å². The predicted octanol–water partition coefficient (Wildman–Crippen LogP) is 4.35. The summed E-state index contributed by atoms with van der Waals surface area (Å²) in [6, 6.07) is 14.0. The third-order valence-electron chi connectivity index (χ3n) is 4.95. The molecule has 0 bridgehead atoms. The van der Waals surface area contributed by atoms with E-state index in [9.17, 15) is 9.59 Å². The maximum atomic E-state index is 12.9. The lowest BCUT2D eigenvalue weighted by Crippen LogP contribution is -2.35. The minimum Gasteiger partial charge on any atom is -0.366 e. The molecule has 1 heterocycles. The van der Waals surface area contributed by atoms with Crippen molar-refractivity contribution in [2.45, 2.75) is 45.7 Å². The molecule has 0 aromatic heterocycles. The van der Waals surface area contributed by atoms with Gasteiger partial charge in [0, 0.05) is 42.8 Å². The highest BCUT2D eigenvalue weighted by Crippen LogP contribution is 2.29. The molecule has 2 aromatic rings. The molecule has 0 unspecified atom stereocenters. The van der Waals surface area contributed by atoms with Gasteiger partial charge in [-0.3, -0.25) is 9.59 Å².